The summed E-state index contributed by atoms with van der Waals surface area (Å²) in [6.07, 6.45) is 1.74. The van der Waals surface area contributed by atoms with Gasteiger partial charge in [0.25, 0.3) is 0 Å². The first kappa shape index (κ1) is 17.2. The van der Waals surface area contributed by atoms with Gasteiger partial charge in [0.05, 0.1) is 0 Å². The second-order valence-corrected chi connectivity index (χ2v) is 6.48. The lowest BCUT2D eigenvalue weighted by Crippen LogP contribution is -2.06. The van der Waals surface area contributed by atoms with Crippen molar-refractivity contribution in [3.05, 3.63) is 76.9 Å². The summed E-state index contributed by atoms with van der Waals surface area (Å²) in [5.41, 5.74) is 3.33. The standard InChI is InChI=1S/C20H21ClN4/c1-14(2)16-8-4-6-10-18(16)24-19-11-12-22-20(25-19)23-13-15-7-3-5-9-17(15)21/h3-12,14H,13H2,1-2H3,(H2,22,23,24,25). The van der Waals surface area contributed by atoms with Gasteiger partial charge in [0.1, 0.15) is 5.82 Å². The van der Waals surface area contributed by atoms with Crippen LogP contribution < -0.4 is 10.6 Å². The lowest BCUT2D eigenvalue weighted by molar-refractivity contribution is 0.869. The minimum absolute atomic E-state index is 0.434. The molecule has 3 rings (SSSR count). The molecule has 1 heterocycles. The van der Waals surface area contributed by atoms with Gasteiger partial charge >= 0.3 is 0 Å². The maximum Gasteiger partial charge on any atom is 0.224 e. The van der Waals surface area contributed by atoms with Crippen LogP contribution in [0.25, 0.3) is 0 Å². The molecule has 0 fully saturated rings. The predicted octanol–water partition coefficient (Wildman–Crippen LogP) is 5.61. The molecule has 0 saturated carbocycles. The van der Waals surface area contributed by atoms with Crippen molar-refractivity contribution in [1.82, 2.24) is 9.97 Å². The minimum atomic E-state index is 0.434. The van der Waals surface area contributed by atoms with Crippen molar-refractivity contribution < 1.29 is 0 Å². The highest BCUT2D eigenvalue weighted by atomic mass is 35.5. The van der Waals surface area contributed by atoms with Crippen molar-refractivity contribution in [3.8, 4) is 0 Å². The van der Waals surface area contributed by atoms with Gasteiger partial charge in [0.15, 0.2) is 0 Å². The van der Waals surface area contributed by atoms with Crippen LogP contribution >= 0.6 is 11.6 Å². The zero-order valence-electron chi connectivity index (χ0n) is 14.3. The molecule has 0 unspecified atom stereocenters. The highest BCUT2D eigenvalue weighted by Crippen LogP contribution is 2.26. The van der Waals surface area contributed by atoms with E-state index in [1.54, 1.807) is 6.20 Å². The molecule has 0 spiro atoms. The van der Waals surface area contributed by atoms with Crippen molar-refractivity contribution in [3.63, 3.8) is 0 Å². The Kier molecular flexibility index (Phi) is 5.51. The summed E-state index contributed by atoms with van der Waals surface area (Å²) < 4.78 is 0. The molecule has 0 aliphatic rings. The Morgan fingerprint density at radius 2 is 1.76 bits per heavy atom. The third-order valence-electron chi connectivity index (χ3n) is 3.90. The fraction of sp³-hybridized carbons (Fsp3) is 0.200. The summed E-state index contributed by atoms with van der Waals surface area (Å²) in [6, 6.07) is 17.9. The van der Waals surface area contributed by atoms with Gasteiger partial charge < -0.3 is 10.6 Å². The van der Waals surface area contributed by atoms with Crippen LogP contribution in [0.2, 0.25) is 5.02 Å². The Morgan fingerprint density at radius 1 is 1.00 bits per heavy atom. The molecule has 3 aromatic rings. The number of halogens is 1. The van der Waals surface area contributed by atoms with E-state index in [2.05, 4.69) is 52.6 Å². The number of hydrogen-bond donors (Lipinski definition) is 2. The lowest BCUT2D eigenvalue weighted by Gasteiger charge is -2.14. The molecule has 128 valence electrons. The first-order valence-corrected chi connectivity index (χ1v) is 8.67. The highest BCUT2D eigenvalue weighted by Gasteiger charge is 2.07. The van der Waals surface area contributed by atoms with Gasteiger partial charge in [0.2, 0.25) is 5.95 Å². The van der Waals surface area contributed by atoms with Gasteiger partial charge in [-0.05, 0) is 35.2 Å². The molecule has 25 heavy (non-hydrogen) atoms. The smallest absolute Gasteiger partial charge is 0.224 e. The molecular weight excluding hydrogens is 332 g/mol. The molecule has 0 aliphatic heterocycles. The van der Waals surface area contributed by atoms with Gasteiger partial charge in [-0.25, -0.2) is 4.98 Å². The van der Waals surface area contributed by atoms with Crippen molar-refractivity contribution >= 4 is 29.1 Å². The zero-order chi connectivity index (χ0) is 17.6. The Bertz CT molecular complexity index is 848. The van der Waals surface area contributed by atoms with E-state index >= 15 is 0 Å². The van der Waals surface area contributed by atoms with E-state index in [4.69, 9.17) is 11.6 Å². The maximum atomic E-state index is 6.18. The van der Waals surface area contributed by atoms with Gasteiger partial charge in [-0.2, -0.15) is 4.98 Å². The van der Waals surface area contributed by atoms with Crippen LogP contribution in [0, 0.1) is 0 Å². The molecule has 2 aromatic carbocycles. The van der Waals surface area contributed by atoms with Crippen LogP contribution in [0.4, 0.5) is 17.5 Å². The Morgan fingerprint density at radius 3 is 2.56 bits per heavy atom. The first-order chi connectivity index (χ1) is 12.1. The van der Waals surface area contributed by atoms with Gasteiger partial charge in [-0.1, -0.05) is 61.8 Å². The largest absolute Gasteiger partial charge is 0.350 e. The van der Waals surface area contributed by atoms with E-state index in [0.717, 1.165) is 22.1 Å². The number of nitrogens with one attached hydrogen (secondary N) is 2. The van der Waals surface area contributed by atoms with E-state index in [9.17, 15) is 0 Å². The van der Waals surface area contributed by atoms with Crippen LogP contribution in [0.5, 0.6) is 0 Å². The highest BCUT2D eigenvalue weighted by molar-refractivity contribution is 6.31. The summed E-state index contributed by atoms with van der Waals surface area (Å²) in [4.78, 5) is 8.81. The van der Waals surface area contributed by atoms with Crippen molar-refractivity contribution in [1.29, 1.82) is 0 Å². The molecule has 0 aliphatic carbocycles. The Labute approximate surface area is 153 Å². The number of para-hydroxylation sites is 1. The molecule has 1 aromatic heterocycles. The fourth-order valence-corrected chi connectivity index (χ4v) is 2.78. The monoisotopic (exact) mass is 352 g/mol. The number of anilines is 3. The molecule has 0 amide bonds. The topological polar surface area (TPSA) is 49.8 Å². The molecule has 4 nitrogen and oxygen atoms in total. The van der Waals surface area contributed by atoms with Crippen LogP contribution in [0.3, 0.4) is 0 Å². The summed E-state index contributed by atoms with van der Waals surface area (Å²) in [5, 5.41) is 7.34. The minimum Gasteiger partial charge on any atom is -0.350 e. The van der Waals surface area contributed by atoms with Crippen LogP contribution in [-0.4, -0.2) is 9.97 Å². The SMILES string of the molecule is CC(C)c1ccccc1Nc1ccnc(NCc2ccccc2Cl)n1. The van der Waals surface area contributed by atoms with E-state index < -0.39 is 0 Å². The average molecular weight is 353 g/mol. The van der Waals surface area contributed by atoms with Crippen molar-refractivity contribution in [2.24, 2.45) is 0 Å². The van der Waals surface area contributed by atoms with Crippen molar-refractivity contribution in [2.75, 3.05) is 10.6 Å². The molecule has 2 N–H and O–H groups in total. The molecule has 5 heteroatoms. The summed E-state index contributed by atoms with van der Waals surface area (Å²) >= 11 is 6.18. The number of nitrogens with zero attached hydrogens (tertiary/aromatic N) is 2. The molecular formula is C20H21ClN4. The molecule has 0 bridgehead atoms. The van der Waals surface area contributed by atoms with E-state index in [1.807, 2.05) is 36.4 Å². The third kappa shape index (κ3) is 4.48. The second-order valence-electron chi connectivity index (χ2n) is 6.08. The Balaban J connectivity index is 1.73. The zero-order valence-corrected chi connectivity index (χ0v) is 15.1. The van der Waals surface area contributed by atoms with E-state index in [0.29, 0.717) is 18.4 Å². The average Bonchev–Trinajstić information content (AvgIpc) is 2.62. The molecule has 0 atom stereocenters. The quantitative estimate of drug-likeness (QED) is 0.605. The number of benzene rings is 2. The normalized spacial score (nSPS) is 10.7. The second kappa shape index (κ2) is 7.99. The molecule has 0 radical (unpaired) electrons. The van der Waals surface area contributed by atoms with Gasteiger partial charge in [0, 0.05) is 23.5 Å². The molecule has 0 saturated heterocycles. The van der Waals surface area contributed by atoms with E-state index in [-0.39, 0.29) is 0 Å². The summed E-state index contributed by atoms with van der Waals surface area (Å²) in [7, 11) is 0. The first-order valence-electron chi connectivity index (χ1n) is 8.30. The van der Waals surface area contributed by atoms with Gasteiger partial charge in [-0.3, -0.25) is 0 Å². The number of rotatable bonds is 6. The summed E-state index contributed by atoms with van der Waals surface area (Å²) in [6.45, 7) is 4.93. The predicted molar refractivity (Wildman–Crippen MR) is 105 cm³/mol. The Hall–Kier alpha value is -2.59. The van der Waals surface area contributed by atoms with E-state index in [1.165, 1.54) is 5.56 Å². The van der Waals surface area contributed by atoms with Crippen LogP contribution in [0.1, 0.15) is 30.9 Å². The third-order valence-corrected chi connectivity index (χ3v) is 4.26. The number of hydrogen-bond acceptors (Lipinski definition) is 4. The van der Waals surface area contributed by atoms with Crippen molar-refractivity contribution in [2.45, 2.75) is 26.3 Å². The van der Waals surface area contributed by atoms with Crippen LogP contribution in [-0.2, 0) is 6.54 Å². The fourth-order valence-electron chi connectivity index (χ4n) is 2.58. The summed E-state index contributed by atoms with van der Waals surface area (Å²) in [5.74, 6) is 1.75. The van der Waals surface area contributed by atoms with Gasteiger partial charge in [-0.15, -0.1) is 0 Å². The lowest BCUT2D eigenvalue weighted by atomic mass is 10.0. The van der Waals surface area contributed by atoms with Crippen LogP contribution in [0.15, 0.2) is 60.8 Å². The maximum absolute atomic E-state index is 6.18. The number of aromatic nitrogens is 2.